The van der Waals surface area contributed by atoms with E-state index in [1.165, 1.54) is 18.9 Å². The second-order valence-electron chi connectivity index (χ2n) is 8.41. The minimum Gasteiger partial charge on any atom is -0.493 e. The van der Waals surface area contributed by atoms with Crippen molar-refractivity contribution in [2.75, 3.05) is 46.6 Å². The molecule has 0 N–H and O–H groups in total. The van der Waals surface area contributed by atoms with E-state index >= 15 is 0 Å². The van der Waals surface area contributed by atoms with E-state index in [1.807, 2.05) is 30.3 Å². The van der Waals surface area contributed by atoms with Crippen LogP contribution in [0.15, 0.2) is 53.4 Å². The molecular weight excluding hydrogens is 573 g/mol. The molecule has 9 nitrogen and oxygen atoms in total. The maximum Gasteiger partial charge on any atom is 0.315 e. The normalized spacial score (nSPS) is 16.2. The molecule has 12 heteroatoms. The lowest BCUT2D eigenvalue weighted by molar-refractivity contribution is -0.386. The first-order valence-electron chi connectivity index (χ1n) is 12.1. The number of rotatable bonds is 12. The van der Waals surface area contributed by atoms with Gasteiger partial charge in [0.2, 0.25) is 11.5 Å². The number of methoxy groups -OCH3 is 4. The van der Waals surface area contributed by atoms with Gasteiger partial charge in [0, 0.05) is 27.7 Å². The van der Waals surface area contributed by atoms with Crippen molar-refractivity contribution in [1.29, 1.82) is 5.26 Å². The molecule has 0 saturated carbocycles. The summed E-state index contributed by atoms with van der Waals surface area (Å²) in [5, 5.41) is 21.1. The van der Waals surface area contributed by atoms with Crippen LogP contribution in [0.25, 0.3) is 0 Å². The zero-order valence-electron chi connectivity index (χ0n) is 22.4. The average Bonchev–Trinajstić information content (AvgIpc) is 3.49. The van der Waals surface area contributed by atoms with Crippen molar-refractivity contribution >= 4 is 41.0 Å². The number of nitro benzene ring substituents is 1. The molecule has 0 radical (unpaired) electrons. The van der Waals surface area contributed by atoms with Crippen molar-refractivity contribution in [2.45, 2.75) is 14.7 Å². The SMILES string of the molecule is COc1cc(C2CSC(c3cc(OC)c(OCCSc4ccc(C#N)cc4)c([N+](=O)[O-])c3)S2)cc(OC)c1OC. The third-order valence-electron chi connectivity index (χ3n) is 6.07. The molecule has 1 fully saturated rings. The topological polar surface area (TPSA) is 113 Å². The van der Waals surface area contributed by atoms with Gasteiger partial charge in [0.1, 0.15) is 0 Å². The highest BCUT2D eigenvalue weighted by molar-refractivity contribution is 8.19. The van der Waals surface area contributed by atoms with E-state index in [9.17, 15) is 10.1 Å². The number of thioether (sulfide) groups is 3. The smallest absolute Gasteiger partial charge is 0.315 e. The molecule has 210 valence electrons. The van der Waals surface area contributed by atoms with Crippen molar-refractivity contribution in [2.24, 2.45) is 0 Å². The van der Waals surface area contributed by atoms with E-state index in [4.69, 9.17) is 28.9 Å². The monoisotopic (exact) mass is 600 g/mol. The summed E-state index contributed by atoms with van der Waals surface area (Å²) in [6, 6.07) is 16.6. The lowest BCUT2D eigenvalue weighted by atomic mass is 10.1. The first-order valence-corrected chi connectivity index (χ1v) is 15.1. The first kappa shape index (κ1) is 29.6. The number of nitro groups is 1. The fourth-order valence-electron chi connectivity index (χ4n) is 4.14. The van der Waals surface area contributed by atoms with Crippen LogP contribution >= 0.6 is 35.3 Å². The molecule has 1 heterocycles. The predicted octanol–water partition coefficient (Wildman–Crippen LogP) is 6.89. The van der Waals surface area contributed by atoms with Crippen molar-refractivity contribution < 1.29 is 28.6 Å². The van der Waals surface area contributed by atoms with Gasteiger partial charge in [0.25, 0.3) is 0 Å². The van der Waals surface area contributed by atoms with Gasteiger partial charge in [-0.2, -0.15) is 5.26 Å². The molecule has 3 aromatic carbocycles. The van der Waals surface area contributed by atoms with E-state index in [2.05, 4.69) is 6.07 Å². The summed E-state index contributed by atoms with van der Waals surface area (Å²) in [5.41, 5.74) is 2.27. The van der Waals surface area contributed by atoms with E-state index < -0.39 is 4.92 Å². The maximum absolute atomic E-state index is 12.0. The van der Waals surface area contributed by atoms with Gasteiger partial charge in [-0.1, -0.05) is 0 Å². The lowest BCUT2D eigenvalue weighted by Gasteiger charge is -2.17. The van der Waals surface area contributed by atoms with Crippen molar-refractivity contribution in [3.8, 4) is 34.8 Å². The number of ether oxygens (including phenoxy) is 5. The van der Waals surface area contributed by atoms with Gasteiger partial charge in [-0.15, -0.1) is 35.3 Å². The largest absolute Gasteiger partial charge is 0.493 e. The molecule has 40 heavy (non-hydrogen) atoms. The predicted molar refractivity (Wildman–Crippen MR) is 159 cm³/mol. The molecule has 0 bridgehead atoms. The van der Waals surface area contributed by atoms with Gasteiger partial charge in [0.05, 0.1) is 56.2 Å². The van der Waals surface area contributed by atoms with Gasteiger partial charge < -0.3 is 23.7 Å². The summed E-state index contributed by atoms with van der Waals surface area (Å²) in [4.78, 5) is 12.6. The Morgan fingerprint density at radius 1 is 0.950 bits per heavy atom. The highest BCUT2D eigenvalue weighted by Crippen LogP contribution is 2.58. The van der Waals surface area contributed by atoms with Crippen LogP contribution in [0.5, 0.6) is 28.7 Å². The summed E-state index contributed by atoms with van der Waals surface area (Å²) in [6.07, 6.45) is 0. The Kier molecular flexibility index (Phi) is 10.2. The summed E-state index contributed by atoms with van der Waals surface area (Å²) < 4.78 is 27.8. The van der Waals surface area contributed by atoms with Gasteiger partial charge in [-0.25, -0.2) is 0 Å². The van der Waals surface area contributed by atoms with Crippen molar-refractivity contribution in [3.05, 3.63) is 75.3 Å². The van der Waals surface area contributed by atoms with Crippen LogP contribution in [0, 0.1) is 21.4 Å². The molecule has 2 unspecified atom stereocenters. The van der Waals surface area contributed by atoms with Crippen LogP contribution in [-0.2, 0) is 0 Å². The van der Waals surface area contributed by atoms with Gasteiger partial charge >= 0.3 is 5.69 Å². The quantitative estimate of drug-likeness (QED) is 0.0937. The number of nitriles is 1. The first-order chi connectivity index (χ1) is 19.4. The van der Waals surface area contributed by atoms with Crippen LogP contribution in [0.2, 0.25) is 0 Å². The number of benzene rings is 3. The zero-order chi connectivity index (χ0) is 28.6. The minimum atomic E-state index is -0.434. The summed E-state index contributed by atoms with van der Waals surface area (Å²) in [6.45, 7) is 0.247. The average molecular weight is 601 g/mol. The highest BCUT2D eigenvalue weighted by Gasteiger charge is 2.33. The summed E-state index contributed by atoms with van der Waals surface area (Å²) in [5.74, 6) is 3.51. The van der Waals surface area contributed by atoms with Crippen LogP contribution in [0.3, 0.4) is 0 Å². The van der Waals surface area contributed by atoms with E-state index in [-0.39, 0.29) is 27.9 Å². The zero-order valence-corrected chi connectivity index (χ0v) is 24.8. The lowest BCUT2D eigenvalue weighted by Crippen LogP contribution is -2.05. The molecule has 3 aromatic rings. The number of nitrogens with zero attached hydrogens (tertiary/aromatic N) is 2. The van der Waals surface area contributed by atoms with Crippen LogP contribution < -0.4 is 23.7 Å². The fraction of sp³-hybridized carbons (Fsp3) is 0.321. The molecule has 0 spiro atoms. The molecule has 4 rings (SSSR count). The van der Waals surface area contributed by atoms with Crippen LogP contribution in [0.4, 0.5) is 5.69 Å². The van der Waals surface area contributed by atoms with E-state index in [1.54, 1.807) is 63.1 Å². The Bertz CT molecular complexity index is 1370. The Hall–Kier alpha value is -3.40. The Morgan fingerprint density at radius 2 is 1.57 bits per heavy atom. The molecule has 2 atom stereocenters. The highest BCUT2D eigenvalue weighted by atomic mass is 32.2. The third kappa shape index (κ3) is 6.66. The number of hydrogen-bond acceptors (Lipinski definition) is 11. The molecule has 1 aliphatic rings. The van der Waals surface area contributed by atoms with Crippen molar-refractivity contribution in [1.82, 2.24) is 0 Å². The summed E-state index contributed by atoms with van der Waals surface area (Å²) >= 11 is 4.95. The van der Waals surface area contributed by atoms with Crippen LogP contribution in [0.1, 0.15) is 26.5 Å². The Morgan fingerprint density at radius 3 is 2.15 bits per heavy atom. The van der Waals surface area contributed by atoms with Crippen molar-refractivity contribution in [3.63, 3.8) is 0 Å². The van der Waals surface area contributed by atoms with Gasteiger partial charge in [0.15, 0.2) is 17.2 Å². The molecule has 0 aliphatic carbocycles. The molecular formula is C28H28N2O7S3. The van der Waals surface area contributed by atoms with Crippen LogP contribution in [-0.4, -0.2) is 51.5 Å². The molecule has 0 amide bonds. The fourth-order valence-corrected chi connectivity index (χ4v) is 8.13. The Balaban J connectivity index is 1.49. The summed E-state index contributed by atoms with van der Waals surface area (Å²) in [7, 11) is 6.22. The van der Waals surface area contributed by atoms with Gasteiger partial charge in [-0.05, 0) is 53.6 Å². The molecule has 1 saturated heterocycles. The van der Waals surface area contributed by atoms with Gasteiger partial charge in [-0.3, -0.25) is 10.1 Å². The Labute approximate surface area is 245 Å². The van der Waals surface area contributed by atoms with E-state index in [0.29, 0.717) is 34.3 Å². The standard InChI is InChI=1S/C28H28N2O7S3/c1-33-22-14-19(28-39-16-25(40-28)18-12-23(34-2)27(36-4)24(13-18)35-3)11-21(30(31)32)26(22)37-9-10-38-20-7-5-17(15-29)6-8-20/h5-8,11-14,25,28H,9-10,16H2,1-4H3. The second kappa shape index (κ2) is 13.8. The third-order valence-corrected chi connectivity index (χ3v) is 10.4. The second-order valence-corrected chi connectivity index (χ2v) is 12.3. The van der Waals surface area contributed by atoms with E-state index in [0.717, 1.165) is 21.8 Å². The molecule has 1 aliphatic heterocycles. The number of hydrogen-bond donors (Lipinski definition) is 0. The minimum absolute atomic E-state index is 0.0438. The molecule has 0 aromatic heterocycles. The maximum atomic E-state index is 12.0.